The van der Waals surface area contributed by atoms with Crippen molar-refractivity contribution in [3.8, 4) is 0 Å². The number of benzene rings is 4. The van der Waals surface area contributed by atoms with Crippen LogP contribution < -0.4 is 9.46 Å². The first-order chi connectivity index (χ1) is 49.0. The second kappa shape index (κ2) is 29.9. The third kappa shape index (κ3) is 14.9. The first-order valence-electron chi connectivity index (χ1n) is 35.6. The zero-order valence-electron chi connectivity index (χ0n) is 60.5. The lowest BCUT2D eigenvalue weighted by atomic mass is 9.82. The third-order valence-corrected chi connectivity index (χ3v) is 21.1. The SMILES string of the molecule is CC(O)c1ccc2c(c1)c1c(n2CC(O)c2ccncc2)CCN(C)C1.Cc1ccc2c(c1)c1c(n2CC(=O)c2cc[n+]([O-])cc2)CCN(C)C1.Cc1ccc2c(c1)c1c(n2CC(O)c2cc[n+]([O-])cc2)CCN(C)C1.Cc1ccc2c(c1)c1c(n2CC(O)c2ccncc2)C(C)(C)CN(C)C1. The van der Waals surface area contributed by atoms with Gasteiger partial charge in [-0.25, -0.2) is 0 Å². The van der Waals surface area contributed by atoms with E-state index in [1.165, 1.54) is 119 Å². The molecule has 4 N–H and O–H groups in total. The fourth-order valence-electron chi connectivity index (χ4n) is 16.1. The summed E-state index contributed by atoms with van der Waals surface area (Å²) in [6.45, 7) is 22.4. The number of aryl methyl sites for hydroxylation is 3. The van der Waals surface area contributed by atoms with Crippen LogP contribution in [-0.4, -0.2) is 128 Å². The monoisotopic (exact) mass is 1370 g/mol. The summed E-state index contributed by atoms with van der Waals surface area (Å²) < 4.78 is 10.5. The number of ketones is 1. The molecule has 0 fully saturated rings. The molecule has 0 amide bonds. The summed E-state index contributed by atoms with van der Waals surface area (Å²) in [5.74, 6) is 0.0276. The largest absolute Gasteiger partial charge is 0.619 e. The predicted octanol–water partition coefficient (Wildman–Crippen LogP) is 11.4. The predicted molar refractivity (Wildman–Crippen MR) is 401 cm³/mol. The molecule has 12 heterocycles. The number of carbonyl (C=O) groups is 1. The van der Waals surface area contributed by atoms with Crippen LogP contribution in [0.4, 0.5) is 0 Å². The van der Waals surface area contributed by atoms with Crippen LogP contribution in [0.2, 0.25) is 0 Å². The van der Waals surface area contributed by atoms with Crippen LogP contribution in [-0.2, 0) is 77.0 Å². The Balaban J connectivity index is 0.000000121. The maximum Gasteiger partial charge on any atom is 0.182 e. The van der Waals surface area contributed by atoms with Gasteiger partial charge in [-0.1, -0.05) is 54.8 Å². The van der Waals surface area contributed by atoms with E-state index in [0.717, 1.165) is 110 Å². The number of rotatable bonds is 13. The maximum absolute atomic E-state index is 12.7. The van der Waals surface area contributed by atoms with Gasteiger partial charge >= 0.3 is 0 Å². The summed E-state index contributed by atoms with van der Waals surface area (Å²) in [5, 5.41) is 69.8. The number of likely N-dealkylation sites (N-methyl/N-ethyl adjacent to an activating group) is 4. The van der Waals surface area contributed by atoms with Crippen LogP contribution in [0.1, 0.15) is 140 Å². The molecule has 8 aromatic heterocycles. The number of hydrogen-bond donors (Lipinski definition) is 4. The van der Waals surface area contributed by atoms with Gasteiger partial charge in [-0.15, -0.1) is 0 Å². The van der Waals surface area contributed by atoms with Crippen LogP contribution in [0.15, 0.2) is 171 Å². The van der Waals surface area contributed by atoms with Gasteiger partial charge in [0, 0.05) is 198 Å². The quantitative estimate of drug-likeness (QED) is 0.0482. The van der Waals surface area contributed by atoms with Crippen LogP contribution in [0.3, 0.4) is 0 Å². The summed E-state index contributed by atoms with van der Waals surface area (Å²) >= 11 is 0. The average molecular weight is 1370 g/mol. The van der Waals surface area contributed by atoms with Crippen molar-refractivity contribution in [2.45, 2.75) is 143 Å². The number of aromatic nitrogens is 8. The van der Waals surface area contributed by atoms with Crippen molar-refractivity contribution in [3.63, 3.8) is 0 Å². The summed E-state index contributed by atoms with van der Waals surface area (Å²) in [6.07, 6.45) is 13.2. The van der Waals surface area contributed by atoms with E-state index in [1.54, 1.807) is 56.0 Å². The van der Waals surface area contributed by atoms with Gasteiger partial charge < -0.3 is 68.7 Å². The Labute approximate surface area is 597 Å². The van der Waals surface area contributed by atoms with E-state index in [4.69, 9.17) is 0 Å². The Kier molecular flexibility index (Phi) is 20.8. The van der Waals surface area contributed by atoms with Crippen molar-refractivity contribution in [2.75, 3.05) is 54.4 Å². The molecular weight excluding hydrogens is 1280 g/mol. The highest BCUT2D eigenvalue weighted by molar-refractivity contribution is 5.97. The Hall–Kier alpha value is -9.41. The maximum atomic E-state index is 12.7. The highest BCUT2D eigenvalue weighted by atomic mass is 16.5. The molecule has 0 bridgehead atoms. The van der Waals surface area contributed by atoms with E-state index in [2.05, 4.69) is 177 Å². The van der Waals surface area contributed by atoms with E-state index < -0.39 is 24.4 Å². The molecule has 530 valence electrons. The lowest BCUT2D eigenvalue weighted by molar-refractivity contribution is -0.605. The molecule has 12 aromatic rings. The van der Waals surface area contributed by atoms with Gasteiger partial charge in [0.25, 0.3) is 0 Å². The highest BCUT2D eigenvalue weighted by Gasteiger charge is 2.37. The minimum atomic E-state index is -0.637. The first kappa shape index (κ1) is 71.0. The van der Waals surface area contributed by atoms with E-state index >= 15 is 0 Å². The topological polar surface area (TPSA) is 210 Å². The van der Waals surface area contributed by atoms with Crippen molar-refractivity contribution in [3.05, 3.63) is 271 Å². The zero-order valence-corrected chi connectivity index (χ0v) is 60.5. The van der Waals surface area contributed by atoms with Crippen LogP contribution in [0, 0.1) is 31.2 Å². The minimum absolute atomic E-state index is 0.0276. The second-order valence-corrected chi connectivity index (χ2v) is 29.5. The molecule has 4 atom stereocenters. The molecule has 0 saturated carbocycles. The molecule has 16 rings (SSSR count). The normalized spacial score (nSPS) is 16.5. The Morgan fingerprint density at radius 1 is 0.461 bits per heavy atom. The van der Waals surface area contributed by atoms with Gasteiger partial charge in [0.2, 0.25) is 0 Å². The standard InChI is InChI=1S/C22H27N3O.C21H25N3O2.C20H23N3O2.C20H21N3O2/c1-15-5-6-19-17(11-15)18-12-24(4)14-22(2,3)21(18)25(19)13-20(26)16-7-9-23-10-8-16;1-14(25)16-3-4-19-17(11-16)18-12-23(2)10-7-20(18)24(19)13-21(26)15-5-8-22-9-6-15;2*1-14-3-4-18-16(11-14)17-12-21(2)8-7-19(17)23(18)13-20(24)15-5-9-22(25)10-6-15/h5-11,20,26H,12-14H2,1-4H3;3-6,8-9,11,14,21,25-26H,7,10,12-13H2,1-2H3;3-6,9-11,20,24H,7-8,12-13H2,1-2H3;3-6,9-11H,7-8,12-13H2,1-2H3. The van der Waals surface area contributed by atoms with Gasteiger partial charge in [-0.2, -0.15) is 9.46 Å². The first-order valence-corrected chi connectivity index (χ1v) is 35.6. The fourth-order valence-corrected chi connectivity index (χ4v) is 16.1. The number of hydrogen-bond acceptors (Lipinski definition) is 13. The highest BCUT2D eigenvalue weighted by Crippen LogP contribution is 2.42. The van der Waals surface area contributed by atoms with Crippen molar-refractivity contribution in [1.29, 1.82) is 0 Å². The number of fused-ring (bicyclic) bond motifs is 12. The Morgan fingerprint density at radius 3 is 1.27 bits per heavy atom. The smallest absolute Gasteiger partial charge is 0.182 e. The molecule has 102 heavy (non-hydrogen) atoms. The lowest BCUT2D eigenvalue weighted by Crippen LogP contribution is -2.41. The van der Waals surface area contributed by atoms with Gasteiger partial charge in [-0.3, -0.25) is 14.8 Å². The number of nitrogens with zero attached hydrogens (tertiary/aromatic N) is 12. The molecule has 0 saturated heterocycles. The van der Waals surface area contributed by atoms with Crippen molar-refractivity contribution < 1.29 is 34.7 Å². The van der Waals surface area contributed by atoms with Gasteiger partial charge in [0.05, 0.1) is 50.6 Å². The molecule has 0 radical (unpaired) electrons. The van der Waals surface area contributed by atoms with E-state index in [1.807, 2.05) is 30.3 Å². The molecule has 4 aromatic carbocycles. The van der Waals surface area contributed by atoms with E-state index in [-0.39, 0.29) is 11.2 Å². The number of aliphatic hydroxyl groups excluding tert-OH is 4. The molecular formula is C83H96N12O7. The molecule has 19 heteroatoms. The Morgan fingerprint density at radius 2 is 0.824 bits per heavy atom. The number of Topliss-reactive ketones (excluding diaryl/α,β-unsaturated/α-hetero) is 1. The number of carbonyl (C=O) groups excluding carboxylic acids is 1. The molecule has 19 nitrogen and oxygen atoms in total. The molecule has 0 aliphatic carbocycles. The molecule has 4 aliphatic rings. The van der Waals surface area contributed by atoms with Crippen LogP contribution >= 0.6 is 0 Å². The second-order valence-electron chi connectivity index (χ2n) is 29.5. The zero-order chi connectivity index (χ0) is 71.8. The van der Waals surface area contributed by atoms with Crippen LogP contribution in [0.25, 0.3) is 43.6 Å². The van der Waals surface area contributed by atoms with E-state index in [9.17, 15) is 35.6 Å². The molecule has 4 aliphatic heterocycles. The van der Waals surface area contributed by atoms with Crippen molar-refractivity contribution >= 4 is 49.4 Å². The van der Waals surface area contributed by atoms with Gasteiger partial charge in [0.1, 0.15) is 0 Å². The summed E-state index contributed by atoms with van der Waals surface area (Å²) in [7, 11) is 8.61. The molecule has 4 unspecified atom stereocenters. The van der Waals surface area contributed by atoms with Gasteiger partial charge in [-0.05, 0) is 173 Å². The summed E-state index contributed by atoms with van der Waals surface area (Å²) in [6, 6.07) is 39.9. The minimum Gasteiger partial charge on any atom is -0.619 e. The lowest BCUT2D eigenvalue weighted by Gasteiger charge is -2.38. The van der Waals surface area contributed by atoms with Gasteiger partial charge in [0.15, 0.2) is 30.6 Å². The molecule has 0 spiro atoms. The van der Waals surface area contributed by atoms with Crippen molar-refractivity contribution in [2.24, 2.45) is 0 Å². The fraction of sp³-hybridized carbons (Fsp3) is 0.361. The number of pyridine rings is 4. The van der Waals surface area contributed by atoms with Crippen molar-refractivity contribution in [1.82, 2.24) is 47.8 Å². The summed E-state index contributed by atoms with van der Waals surface area (Å²) in [5.41, 5.74) is 23.2. The Bertz CT molecular complexity index is 4980. The van der Waals surface area contributed by atoms with Crippen LogP contribution in [0.5, 0.6) is 0 Å². The average Bonchev–Trinajstić information content (AvgIpc) is 1.59. The van der Waals surface area contributed by atoms with E-state index in [0.29, 0.717) is 36.5 Å². The summed E-state index contributed by atoms with van der Waals surface area (Å²) in [4.78, 5) is 30.2. The third-order valence-electron chi connectivity index (χ3n) is 21.1. The number of aliphatic hydroxyl groups is 4.